The van der Waals surface area contributed by atoms with Crippen LogP contribution in [0, 0.1) is 6.92 Å². The lowest BCUT2D eigenvalue weighted by Gasteiger charge is -2.33. The summed E-state index contributed by atoms with van der Waals surface area (Å²) >= 11 is 0. The molecular formula is C13H18N6O2. The number of nitrogens with zero attached hydrogens (tertiary/aromatic N) is 3. The first-order valence-electron chi connectivity index (χ1n) is 6.96. The molecule has 21 heavy (non-hydrogen) atoms. The Kier molecular flexibility index (Phi) is 3.25. The third kappa shape index (κ3) is 2.42. The summed E-state index contributed by atoms with van der Waals surface area (Å²) in [5.74, 6) is 7.07. The molecule has 0 radical (unpaired) electrons. The molecule has 0 bridgehead atoms. The molecule has 1 saturated heterocycles. The smallest absolute Gasteiger partial charge is 0.249 e. The van der Waals surface area contributed by atoms with Gasteiger partial charge in [0.15, 0.2) is 0 Å². The fourth-order valence-electron chi connectivity index (χ4n) is 2.44. The maximum atomic E-state index is 11.8. The molecule has 2 aliphatic rings. The van der Waals surface area contributed by atoms with Crippen LogP contribution in [0.5, 0.6) is 0 Å². The number of hydrogen-bond acceptors (Lipinski definition) is 7. The summed E-state index contributed by atoms with van der Waals surface area (Å²) in [6.45, 7) is 3.67. The van der Waals surface area contributed by atoms with E-state index in [0.717, 1.165) is 18.4 Å². The summed E-state index contributed by atoms with van der Waals surface area (Å²) in [5, 5.41) is 2.32. The molecular weight excluding hydrogens is 272 g/mol. The number of hydrazine groups is 1. The van der Waals surface area contributed by atoms with Crippen LogP contribution in [0.3, 0.4) is 0 Å². The molecule has 1 aliphatic carbocycles. The first kappa shape index (κ1) is 13.7. The van der Waals surface area contributed by atoms with Gasteiger partial charge in [0.25, 0.3) is 0 Å². The van der Waals surface area contributed by atoms with Gasteiger partial charge in [-0.05, 0) is 26.7 Å². The van der Waals surface area contributed by atoms with Gasteiger partial charge in [0.2, 0.25) is 11.8 Å². The van der Waals surface area contributed by atoms with E-state index in [2.05, 4.69) is 20.7 Å². The Bertz CT molecular complexity index is 613. The number of aromatic nitrogens is 2. The average Bonchev–Trinajstić information content (AvgIpc) is 3.28. The molecule has 8 nitrogen and oxygen atoms in total. The summed E-state index contributed by atoms with van der Waals surface area (Å²) in [7, 11) is 0. The van der Waals surface area contributed by atoms with Crippen LogP contribution in [-0.2, 0) is 9.59 Å². The maximum Gasteiger partial charge on any atom is 0.249 e. The zero-order valence-corrected chi connectivity index (χ0v) is 12.0. The first-order chi connectivity index (χ1) is 10.0. The van der Waals surface area contributed by atoms with E-state index in [4.69, 9.17) is 5.84 Å². The van der Waals surface area contributed by atoms with Gasteiger partial charge >= 0.3 is 0 Å². The third-order valence-electron chi connectivity index (χ3n) is 3.91. The molecule has 1 aromatic heterocycles. The van der Waals surface area contributed by atoms with Crippen LogP contribution < -0.4 is 21.5 Å². The van der Waals surface area contributed by atoms with Crippen molar-refractivity contribution in [1.82, 2.24) is 15.3 Å². The number of imide groups is 1. The molecule has 8 heteroatoms. The number of carbonyl (C=O) groups is 2. The minimum Gasteiger partial charge on any atom is -0.335 e. The second-order valence-electron chi connectivity index (χ2n) is 5.51. The number of rotatable bonds is 3. The highest BCUT2D eigenvalue weighted by Crippen LogP contribution is 2.40. The Morgan fingerprint density at radius 1 is 1.33 bits per heavy atom. The normalized spacial score (nSPS) is 22.2. The Morgan fingerprint density at radius 2 is 2.05 bits per heavy atom. The van der Waals surface area contributed by atoms with E-state index in [9.17, 15) is 9.59 Å². The van der Waals surface area contributed by atoms with Crippen LogP contribution in [0.4, 0.5) is 11.6 Å². The second-order valence-corrected chi connectivity index (χ2v) is 5.51. The van der Waals surface area contributed by atoms with Crippen LogP contribution in [0.15, 0.2) is 0 Å². The summed E-state index contributed by atoms with van der Waals surface area (Å²) < 4.78 is 0. The number of carbonyl (C=O) groups excluding carboxylic acids is 2. The standard InChI is InChI=1S/C13H18N6O2/c1-6-10(18-14)16-11(8-3-4-8)17-12(6)19-5-9(20)15-13(21)7(19)2/h7-8H,3-5,14H2,1-2H3,(H,15,20,21)(H,16,17,18). The Hall–Kier alpha value is -2.22. The topological polar surface area (TPSA) is 113 Å². The predicted octanol–water partition coefficient (Wildman–Crippen LogP) is -0.201. The van der Waals surface area contributed by atoms with Gasteiger partial charge in [-0.25, -0.2) is 15.8 Å². The molecule has 3 rings (SSSR count). The van der Waals surface area contributed by atoms with E-state index in [1.165, 1.54) is 0 Å². The zero-order chi connectivity index (χ0) is 15.1. The Labute approximate surface area is 122 Å². The van der Waals surface area contributed by atoms with Crippen LogP contribution in [0.1, 0.15) is 37.1 Å². The van der Waals surface area contributed by atoms with Gasteiger partial charge in [-0.3, -0.25) is 14.9 Å². The van der Waals surface area contributed by atoms with E-state index in [-0.39, 0.29) is 18.4 Å². The minimum atomic E-state index is -0.464. The maximum absolute atomic E-state index is 11.8. The SMILES string of the molecule is Cc1c(NN)nc(C2CC2)nc1N1CC(=O)NC(=O)C1C. The van der Waals surface area contributed by atoms with Gasteiger partial charge in [-0.2, -0.15) is 0 Å². The van der Waals surface area contributed by atoms with Crippen molar-refractivity contribution in [2.75, 3.05) is 16.9 Å². The van der Waals surface area contributed by atoms with Crippen molar-refractivity contribution >= 4 is 23.5 Å². The second kappa shape index (κ2) is 4.96. The fraction of sp³-hybridized carbons (Fsp3) is 0.538. The summed E-state index contributed by atoms with van der Waals surface area (Å²) in [5.41, 5.74) is 3.30. The largest absolute Gasteiger partial charge is 0.335 e. The number of nitrogens with one attached hydrogen (secondary N) is 2. The molecule has 1 unspecified atom stereocenters. The summed E-state index contributed by atoms with van der Waals surface area (Å²) in [6.07, 6.45) is 2.11. The Balaban J connectivity index is 2.05. The molecule has 0 spiro atoms. The molecule has 1 atom stereocenters. The predicted molar refractivity (Wildman–Crippen MR) is 76.5 cm³/mol. The zero-order valence-electron chi connectivity index (χ0n) is 12.0. The molecule has 4 N–H and O–H groups in total. The van der Waals surface area contributed by atoms with Gasteiger partial charge in [0.05, 0.1) is 6.54 Å². The first-order valence-corrected chi connectivity index (χ1v) is 6.96. The van der Waals surface area contributed by atoms with Crippen molar-refractivity contribution in [2.24, 2.45) is 5.84 Å². The number of hydrogen-bond donors (Lipinski definition) is 3. The van der Waals surface area contributed by atoms with Crippen molar-refractivity contribution in [3.8, 4) is 0 Å². The number of piperazine rings is 1. The van der Waals surface area contributed by atoms with Gasteiger partial charge in [0, 0.05) is 11.5 Å². The highest BCUT2D eigenvalue weighted by molar-refractivity contribution is 6.04. The van der Waals surface area contributed by atoms with Crippen molar-refractivity contribution in [2.45, 2.75) is 38.6 Å². The van der Waals surface area contributed by atoms with Crippen molar-refractivity contribution in [3.05, 3.63) is 11.4 Å². The summed E-state index contributed by atoms with van der Waals surface area (Å²) in [4.78, 5) is 34.2. The molecule has 2 fully saturated rings. The van der Waals surface area contributed by atoms with Crippen molar-refractivity contribution < 1.29 is 9.59 Å². The van der Waals surface area contributed by atoms with E-state index in [1.54, 1.807) is 11.8 Å². The average molecular weight is 290 g/mol. The molecule has 0 aromatic carbocycles. The molecule has 2 heterocycles. The highest BCUT2D eigenvalue weighted by Gasteiger charge is 2.34. The molecule has 112 valence electrons. The fourth-order valence-corrected chi connectivity index (χ4v) is 2.44. The lowest BCUT2D eigenvalue weighted by Crippen LogP contribution is -2.57. The number of anilines is 2. The lowest BCUT2D eigenvalue weighted by atomic mass is 10.1. The molecule has 1 aliphatic heterocycles. The van der Waals surface area contributed by atoms with Gasteiger partial charge < -0.3 is 10.3 Å². The number of nitrogen functional groups attached to an aromatic ring is 1. The number of nitrogens with two attached hydrogens (primary N) is 1. The molecule has 1 saturated carbocycles. The van der Waals surface area contributed by atoms with Gasteiger partial charge in [0.1, 0.15) is 23.5 Å². The summed E-state index contributed by atoms with van der Waals surface area (Å²) in [6, 6.07) is -0.464. The lowest BCUT2D eigenvalue weighted by molar-refractivity contribution is -0.132. The van der Waals surface area contributed by atoms with Gasteiger partial charge in [-0.1, -0.05) is 0 Å². The quantitative estimate of drug-likeness (QED) is 0.401. The number of amides is 2. The van der Waals surface area contributed by atoms with Crippen LogP contribution in [0.25, 0.3) is 0 Å². The molecule has 2 amide bonds. The van der Waals surface area contributed by atoms with E-state index in [0.29, 0.717) is 23.4 Å². The van der Waals surface area contributed by atoms with E-state index < -0.39 is 6.04 Å². The third-order valence-corrected chi connectivity index (χ3v) is 3.91. The molecule has 1 aromatic rings. The van der Waals surface area contributed by atoms with Crippen LogP contribution in [0.2, 0.25) is 0 Å². The Morgan fingerprint density at radius 3 is 2.67 bits per heavy atom. The van der Waals surface area contributed by atoms with Crippen LogP contribution in [-0.4, -0.2) is 34.4 Å². The minimum absolute atomic E-state index is 0.0961. The van der Waals surface area contributed by atoms with Crippen molar-refractivity contribution in [3.63, 3.8) is 0 Å². The van der Waals surface area contributed by atoms with E-state index in [1.807, 2.05) is 6.92 Å². The monoisotopic (exact) mass is 290 g/mol. The van der Waals surface area contributed by atoms with Crippen molar-refractivity contribution in [1.29, 1.82) is 0 Å². The highest BCUT2D eigenvalue weighted by atomic mass is 16.2. The van der Waals surface area contributed by atoms with Crippen LogP contribution >= 0.6 is 0 Å². The van der Waals surface area contributed by atoms with E-state index >= 15 is 0 Å². The van der Waals surface area contributed by atoms with Gasteiger partial charge in [-0.15, -0.1) is 0 Å².